The van der Waals surface area contributed by atoms with Gasteiger partial charge in [-0.25, -0.2) is 4.98 Å². The van der Waals surface area contributed by atoms with Crippen molar-refractivity contribution >= 4 is 5.82 Å². The quantitative estimate of drug-likeness (QED) is 0.783. The van der Waals surface area contributed by atoms with Crippen molar-refractivity contribution in [2.45, 2.75) is 6.42 Å². The SMILES string of the molecule is CN1CCC(CNc2ccccn2)C1. The number of hydrogen-bond donors (Lipinski definition) is 1. The Hall–Kier alpha value is -1.09. The minimum Gasteiger partial charge on any atom is -0.370 e. The summed E-state index contributed by atoms with van der Waals surface area (Å²) in [6, 6.07) is 5.96. The lowest BCUT2D eigenvalue weighted by atomic mass is 10.1. The normalized spacial score (nSPS) is 22.5. The maximum Gasteiger partial charge on any atom is 0.125 e. The maximum atomic E-state index is 4.23. The molecule has 3 nitrogen and oxygen atoms in total. The highest BCUT2D eigenvalue weighted by Gasteiger charge is 2.18. The zero-order valence-electron chi connectivity index (χ0n) is 8.61. The molecule has 0 amide bonds. The van der Waals surface area contributed by atoms with E-state index in [9.17, 15) is 0 Å². The molecule has 0 aromatic carbocycles. The van der Waals surface area contributed by atoms with Crippen LogP contribution < -0.4 is 5.32 Å². The third kappa shape index (κ3) is 2.45. The second-order valence-corrected chi connectivity index (χ2v) is 4.01. The van der Waals surface area contributed by atoms with Crippen LogP contribution in [0.1, 0.15) is 6.42 Å². The predicted molar refractivity (Wildman–Crippen MR) is 58.3 cm³/mol. The van der Waals surface area contributed by atoms with E-state index in [-0.39, 0.29) is 0 Å². The zero-order chi connectivity index (χ0) is 9.80. The van der Waals surface area contributed by atoms with Crippen molar-refractivity contribution in [1.29, 1.82) is 0 Å². The number of nitrogens with zero attached hydrogens (tertiary/aromatic N) is 2. The van der Waals surface area contributed by atoms with Crippen LogP contribution in [-0.4, -0.2) is 36.6 Å². The van der Waals surface area contributed by atoms with Crippen molar-refractivity contribution in [2.75, 3.05) is 32.0 Å². The van der Waals surface area contributed by atoms with Gasteiger partial charge in [0.15, 0.2) is 0 Å². The molecule has 0 aliphatic carbocycles. The van der Waals surface area contributed by atoms with Gasteiger partial charge >= 0.3 is 0 Å². The summed E-state index contributed by atoms with van der Waals surface area (Å²) in [5.41, 5.74) is 0. The Morgan fingerprint density at radius 1 is 1.57 bits per heavy atom. The van der Waals surface area contributed by atoms with Crippen LogP contribution in [0.2, 0.25) is 0 Å². The fraction of sp³-hybridized carbons (Fsp3) is 0.545. The van der Waals surface area contributed by atoms with Gasteiger partial charge in [0.2, 0.25) is 0 Å². The van der Waals surface area contributed by atoms with Crippen LogP contribution in [0.25, 0.3) is 0 Å². The van der Waals surface area contributed by atoms with Crippen LogP contribution in [0.15, 0.2) is 24.4 Å². The summed E-state index contributed by atoms with van der Waals surface area (Å²) in [5.74, 6) is 1.77. The van der Waals surface area contributed by atoms with Crippen molar-refractivity contribution in [1.82, 2.24) is 9.88 Å². The monoisotopic (exact) mass is 191 g/mol. The lowest BCUT2D eigenvalue weighted by Gasteiger charge is -2.11. The van der Waals surface area contributed by atoms with Gasteiger partial charge in [0.1, 0.15) is 5.82 Å². The summed E-state index contributed by atoms with van der Waals surface area (Å²) < 4.78 is 0. The first-order valence-corrected chi connectivity index (χ1v) is 5.18. The van der Waals surface area contributed by atoms with Gasteiger partial charge < -0.3 is 10.2 Å². The van der Waals surface area contributed by atoms with E-state index < -0.39 is 0 Å². The van der Waals surface area contributed by atoms with Crippen molar-refractivity contribution in [3.8, 4) is 0 Å². The Bertz CT molecular complexity index is 273. The van der Waals surface area contributed by atoms with Gasteiger partial charge in [-0.05, 0) is 38.1 Å². The average Bonchev–Trinajstić information content (AvgIpc) is 2.63. The molecule has 0 radical (unpaired) electrons. The first kappa shape index (κ1) is 9.46. The highest BCUT2D eigenvalue weighted by molar-refractivity contribution is 5.33. The fourth-order valence-electron chi connectivity index (χ4n) is 1.91. The van der Waals surface area contributed by atoms with Gasteiger partial charge in [0.25, 0.3) is 0 Å². The molecule has 1 aliphatic heterocycles. The number of hydrogen-bond acceptors (Lipinski definition) is 3. The molecule has 1 aromatic rings. The third-order valence-corrected chi connectivity index (χ3v) is 2.73. The number of rotatable bonds is 3. The molecule has 76 valence electrons. The smallest absolute Gasteiger partial charge is 0.125 e. The van der Waals surface area contributed by atoms with E-state index in [4.69, 9.17) is 0 Å². The van der Waals surface area contributed by atoms with Crippen molar-refractivity contribution in [2.24, 2.45) is 5.92 Å². The first-order chi connectivity index (χ1) is 6.84. The molecule has 1 aromatic heterocycles. The van der Waals surface area contributed by atoms with Crippen LogP contribution >= 0.6 is 0 Å². The predicted octanol–water partition coefficient (Wildman–Crippen LogP) is 1.45. The number of nitrogens with one attached hydrogen (secondary N) is 1. The summed E-state index contributed by atoms with van der Waals surface area (Å²) in [6.07, 6.45) is 3.12. The number of anilines is 1. The molecule has 14 heavy (non-hydrogen) atoms. The minimum absolute atomic E-state index is 0.780. The van der Waals surface area contributed by atoms with E-state index in [2.05, 4.69) is 22.2 Å². The summed E-state index contributed by atoms with van der Waals surface area (Å²) in [4.78, 5) is 6.61. The standard InChI is InChI=1S/C11H17N3/c1-14-7-5-10(9-14)8-13-11-4-2-3-6-12-11/h2-4,6,10H,5,7-9H2,1H3,(H,12,13). The van der Waals surface area contributed by atoms with E-state index in [1.165, 1.54) is 19.5 Å². The van der Waals surface area contributed by atoms with Gasteiger partial charge in [-0.15, -0.1) is 0 Å². The van der Waals surface area contributed by atoms with Gasteiger partial charge in [0, 0.05) is 19.3 Å². The molecule has 2 rings (SSSR count). The summed E-state index contributed by atoms with van der Waals surface area (Å²) in [7, 11) is 2.18. The van der Waals surface area contributed by atoms with Gasteiger partial charge in [-0.2, -0.15) is 0 Å². The zero-order valence-corrected chi connectivity index (χ0v) is 8.61. The molecular formula is C11H17N3. The maximum absolute atomic E-state index is 4.23. The highest BCUT2D eigenvalue weighted by atomic mass is 15.1. The lowest BCUT2D eigenvalue weighted by molar-refractivity contribution is 0.399. The molecule has 1 atom stereocenters. The molecule has 1 fully saturated rings. The Morgan fingerprint density at radius 2 is 2.50 bits per heavy atom. The largest absolute Gasteiger partial charge is 0.370 e. The van der Waals surface area contributed by atoms with Crippen LogP contribution in [-0.2, 0) is 0 Å². The van der Waals surface area contributed by atoms with Gasteiger partial charge in [0.05, 0.1) is 0 Å². The van der Waals surface area contributed by atoms with Gasteiger partial charge in [-0.1, -0.05) is 6.07 Å². The molecule has 1 unspecified atom stereocenters. The summed E-state index contributed by atoms with van der Waals surface area (Å²) >= 11 is 0. The van der Waals surface area contributed by atoms with Crippen molar-refractivity contribution < 1.29 is 0 Å². The summed E-state index contributed by atoms with van der Waals surface area (Å²) in [6.45, 7) is 3.48. The number of likely N-dealkylation sites (tertiary alicyclic amines) is 1. The molecule has 0 spiro atoms. The van der Waals surface area contributed by atoms with E-state index in [1.54, 1.807) is 0 Å². The topological polar surface area (TPSA) is 28.2 Å². The molecule has 0 saturated carbocycles. The average molecular weight is 191 g/mol. The van der Waals surface area contributed by atoms with Crippen LogP contribution in [0.4, 0.5) is 5.82 Å². The molecule has 2 heterocycles. The Morgan fingerprint density at radius 3 is 3.14 bits per heavy atom. The Balaban J connectivity index is 1.78. The van der Waals surface area contributed by atoms with E-state index in [0.717, 1.165) is 18.3 Å². The van der Waals surface area contributed by atoms with Gasteiger partial charge in [-0.3, -0.25) is 0 Å². The molecule has 0 bridgehead atoms. The number of pyridine rings is 1. The molecular weight excluding hydrogens is 174 g/mol. The second kappa shape index (κ2) is 4.42. The van der Waals surface area contributed by atoms with Crippen LogP contribution in [0.5, 0.6) is 0 Å². The van der Waals surface area contributed by atoms with E-state index >= 15 is 0 Å². The number of aromatic nitrogens is 1. The second-order valence-electron chi connectivity index (χ2n) is 4.01. The first-order valence-electron chi connectivity index (χ1n) is 5.18. The minimum atomic E-state index is 0.780. The lowest BCUT2D eigenvalue weighted by Crippen LogP contribution is -2.19. The molecule has 1 aliphatic rings. The molecule has 1 N–H and O–H groups in total. The molecule has 3 heteroatoms. The fourth-order valence-corrected chi connectivity index (χ4v) is 1.91. The Kier molecular flexibility index (Phi) is 2.99. The van der Waals surface area contributed by atoms with Crippen LogP contribution in [0.3, 0.4) is 0 Å². The highest BCUT2D eigenvalue weighted by Crippen LogP contribution is 2.14. The summed E-state index contributed by atoms with van der Waals surface area (Å²) in [5, 5.41) is 3.37. The van der Waals surface area contributed by atoms with Crippen molar-refractivity contribution in [3.63, 3.8) is 0 Å². The van der Waals surface area contributed by atoms with E-state index in [1.807, 2.05) is 24.4 Å². The van der Waals surface area contributed by atoms with Crippen LogP contribution in [0, 0.1) is 5.92 Å². The third-order valence-electron chi connectivity index (χ3n) is 2.73. The Labute approximate surface area is 85.1 Å². The molecule has 1 saturated heterocycles. The van der Waals surface area contributed by atoms with Crippen molar-refractivity contribution in [3.05, 3.63) is 24.4 Å². The van der Waals surface area contributed by atoms with E-state index in [0.29, 0.717) is 0 Å².